The number of benzene rings is 1. The molecule has 0 unspecified atom stereocenters. The van der Waals surface area contributed by atoms with Gasteiger partial charge in [-0.25, -0.2) is 0 Å². The minimum Gasteiger partial charge on any atom is -0.324 e. The third kappa shape index (κ3) is 4.30. The van der Waals surface area contributed by atoms with Crippen LogP contribution in [-0.2, 0) is 11.0 Å². The summed E-state index contributed by atoms with van der Waals surface area (Å²) < 4.78 is 38.2. The average Bonchev–Trinajstić information content (AvgIpc) is 2.88. The summed E-state index contributed by atoms with van der Waals surface area (Å²) in [6, 6.07) is 5.17. The SMILES string of the molecule is C[C@H]1S[C@@H](c2ccc(C(F)(F)F)cc2)N(CCN2CCNCC2)C1=O. The summed E-state index contributed by atoms with van der Waals surface area (Å²) in [5.74, 6) is 0.0602. The van der Waals surface area contributed by atoms with Gasteiger partial charge in [-0.15, -0.1) is 11.8 Å². The van der Waals surface area contributed by atoms with Crippen molar-refractivity contribution in [2.45, 2.75) is 23.7 Å². The molecule has 0 aliphatic carbocycles. The lowest BCUT2D eigenvalue weighted by Gasteiger charge is -2.31. The van der Waals surface area contributed by atoms with Crippen LogP contribution in [0.2, 0.25) is 0 Å². The van der Waals surface area contributed by atoms with Gasteiger partial charge >= 0.3 is 6.18 Å². The molecule has 8 heteroatoms. The van der Waals surface area contributed by atoms with E-state index in [1.54, 1.807) is 4.90 Å². The van der Waals surface area contributed by atoms with Crippen LogP contribution in [0.5, 0.6) is 0 Å². The molecule has 3 rings (SSSR count). The quantitative estimate of drug-likeness (QED) is 0.880. The second kappa shape index (κ2) is 7.55. The summed E-state index contributed by atoms with van der Waals surface area (Å²) in [5, 5.41) is 2.91. The van der Waals surface area contributed by atoms with Crippen LogP contribution >= 0.6 is 11.8 Å². The van der Waals surface area contributed by atoms with Crippen LogP contribution in [-0.4, -0.2) is 60.2 Å². The molecule has 2 aliphatic rings. The van der Waals surface area contributed by atoms with E-state index < -0.39 is 11.7 Å². The van der Waals surface area contributed by atoms with Gasteiger partial charge in [0.2, 0.25) is 5.91 Å². The van der Waals surface area contributed by atoms with Crippen molar-refractivity contribution >= 4 is 17.7 Å². The van der Waals surface area contributed by atoms with Crippen molar-refractivity contribution in [1.82, 2.24) is 15.1 Å². The van der Waals surface area contributed by atoms with Crippen molar-refractivity contribution in [3.8, 4) is 0 Å². The molecule has 2 saturated heterocycles. The summed E-state index contributed by atoms with van der Waals surface area (Å²) in [5.41, 5.74) is 0.0852. The summed E-state index contributed by atoms with van der Waals surface area (Å²) in [6.45, 7) is 7.04. The van der Waals surface area contributed by atoms with E-state index in [0.29, 0.717) is 6.54 Å². The van der Waals surface area contributed by atoms with Crippen LogP contribution in [0.1, 0.15) is 23.4 Å². The fraction of sp³-hybridized carbons (Fsp3) is 0.588. The van der Waals surface area contributed by atoms with E-state index in [9.17, 15) is 18.0 Å². The van der Waals surface area contributed by atoms with Crippen LogP contribution in [0.15, 0.2) is 24.3 Å². The monoisotopic (exact) mass is 373 g/mol. The van der Waals surface area contributed by atoms with E-state index in [0.717, 1.165) is 50.4 Å². The molecule has 1 aromatic rings. The highest BCUT2D eigenvalue weighted by atomic mass is 32.2. The Morgan fingerprint density at radius 2 is 1.80 bits per heavy atom. The molecule has 1 amide bonds. The van der Waals surface area contributed by atoms with Crippen molar-refractivity contribution in [3.05, 3.63) is 35.4 Å². The number of hydrogen-bond acceptors (Lipinski definition) is 4. The van der Waals surface area contributed by atoms with Crippen molar-refractivity contribution in [2.75, 3.05) is 39.3 Å². The highest BCUT2D eigenvalue weighted by Gasteiger charge is 2.39. The minimum atomic E-state index is -4.34. The standard InChI is InChI=1S/C17H22F3N3OS/c1-12-15(24)23(11-10-22-8-6-21-7-9-22)16(25-12)13-2-4-14(5-3-13)17(18,19)20/h2-5,12,16,21H,6-11H2,1H3/t12-,16+/m1/s1. The van der Waals surface area contributed by atoms with Crippen LogP contribution in [0, 0.1) is 0 Å². The van der Waals surface area contributed by atoms with E-state index in [4.69, 9.17) is 0 Å². The number of rotatable bonds is 4. The first-order valence-electron chi connectivity index (χ1n) is 8.42. The Labute approximate surface area is 149 Å². The first-order chi connectivity index (χ1) is 11.9. The predicted molar refractivity (Wildman–Crippen MR) is 92.3 cm³/mol. The number of alkyl halides is 3. The Bertz CT molecular complexity index is 602. The van der Waals surface area contributed by atoms with Gasteiger partial charge < -0.3 is 10.2 Å². The molecule has 0 aromatic heterocycles. The molecule has 138 valence electrons. The number of amides is 1. The summed E-state index contributed by atoms with van der Waals surface area (Å²) in [7, 11) is 0. The van der Waals surface area contributed by atoms with Gasteiger partial charge in [-0.2, -0.15) is 13.2 Å². The molecule has 1 N–H and O–H groups in total. The molecule has 1 aromatic carbocycles. The van der Waals surface area contributed by atoms with Gasteiger partial charge in [0.15, 0.2) is 0 Å². The van der Waals surface area contributed by atoms with Gasteiger partial charge in [-0.05, 0) is 24.6 Å². The topological polar surface area (TPSA) is 35.6 Å². The van der Waals surface area contributed by atoms with Crippen LogP contribution in [0.25, 0.3) is 0 Å². The molecular formula is C17H22F3N3OS. The van der Waals surface area contributed by atoms with E-state index in [1.807, 2.05) is 6.92 Å². The zero-order valence-electron chi connectivity index (χ0n) is 14.1. The first kappa shape index (κ1) is 18.5. The average molecular weight is 373 g/mol. The number of carbonyl (C=O) groups is 1. The highest BCUT2D eigenvalue weighted by Crippen LogP contribution is 2.43. The molecule has 25 heavy (non-hydrogen) atoms. The van der Waals surface area contributed by atoms with Crippen molar-refractivity contribution in [1.29, 1.82) is 0 Å². The maximum Gasteiger partial charge on any atom is 0.416 e. The lowest BCUT2D eigenvalue weighted by molar-refractivity contribution is -0.137. The van der Waals surface area contributed by atoms with Crippen LogP contribution < -0.4 is 5.32 Å². The van der Waals surface area contributed by atoms with Gasteiger partial charge in [0.05, 0.1) is 10.8 Å². The minimum absolute atomic E-state index is 0.0602. The Morgan fingerprint density at radius 3 is 2.40 bits per heavy atom. The fourth-order valence-electron chi connectivity index (χ4n) is 3.18. The molecule has 4 nitrogen and oxygen atoms in total. The lowest BCUT2D eigenvalue weighted by atomic mass is 10.1. The number of carbonyl (C=O) groups excluding carboxylic acids is 1. The number of thioether (sulfide) groups is 1. The molecule has 2 fully saturated rings. The first-order valence-corrected chi connectivity index (χ1v) is 9.37. The largest absolute Gasteiger partial charge is 0.416 e. The number of nitrogens with one attached hydrogen (secondary N) is 1. The van der Waals surface area contributed by atoms with Gasteiger partial charge in [-0.3, -0.25) is 9.69 Å². The van der Waals surface area contributed by atoms with Crippen molar-refractivity contribution < 1.29 is 18.0 Å². The summed E-state index contributed by atoms with van der Waals surface area (Å²) in [6.07, 6.45) is -4.34. The normalized spacial score (nSPS) is 25.6. The Kier molecular flexibility index (Phi) is 5.60. The van der Waals surface area contributed by atoms with Gasteiger partial charge in [0.25, 0.3) is 0 Å². The third-order valence-electron chi connectivity index (χ3n) is 4.64. The van der Waals surface area contributed by atoms with Gasteiger partial charge in [-0.1, -0.05) is 12.1 Å². The van der Waals surface area contributed by atoms with Crippen molar-refractivity contribution in [2.24, 2.45) is 0 Å². The fourth-order valence-corrected chi connectivity index (χ4v) is 4.49. The molecule has 2 heterocycles. The maximum atomic E-state index is 12.7. The van der Waals surface area contributed by atoms with Gasteiger partial charge in [0.1, 0.15) is 5.37 Å². The van der Waals surface area contributed by atoms with Crippen LogP contribution in [0.3, 0.4) is 0 Å². The summed E-state index contributed by atoms with van der Waals surface area (Å²) >= 11 is 1.50. The summed E-state index contributed by atoms with van der Waals surface area (Å²) in [4.78, 5) is 16.6. The molecule has 0 saturated carbocycles. The zero-order valence-corrected chi connectivity index (χ0v) is 14.9. The smallest absolute Gasteiger partial charge is 0.324 e. The second-order valence-electron chi connectivity index (χ2n) is 6.37. The van der Waals surface area contributed by atoms with E-state index in [2.05, 4.69) is 10.2 Å². The molecule has 0 spiro atoms. The van der Waals surface area contributed by atoms with E-state index in [-0.39, 0.29) is 16.5 Å². The molecule has 0 bridgehead atoms. The number of hydrogen-bond donors (Lipinski definition) is 1. The Morgan fingerprint density at radius 1 is 1.16 bits per heavy atom. The Hall–Kier alpha value is -1.25. The van der Waals surface area contributed by atoms with Crippen molar-refractivity contribution in [3.63, 3.8) is 0 Å². The zero-order chi connectivity index (χ0) is 18.0. The number of nitrogens with zero attached hydrogens (tertiary/aromatic N) is 2. The third-order valence-corrected chi connectivity index (χ3v) is 6.03. The number of piperazine rings is 1. The highest BCUT2D eigenvalue weighted by molar-refractivity contribution is 8.01. The molecule has 2 atom stereocenters. The Balaban J connectivity index is 1.70. The van der Waals surface area contributed by atoms with Gasteiger partial charge in [0, 0.05) is 39.3 Å². The van der Waals surface area contributed by atoms with E-state index in [1.165, 1.54) is 23.9 Å². The predicted octanol–water partition coefficient (Wildman–Crippen LogP) is 2.57. The van der Waals surface area contributed by atoms with E-state index >= 15 is 0 Å². The molecule has 0 radical (unpaired) electrons. The second-order valence-corrected chi connectivity index (χ2v) is 7.80. The maximum absolute atomic E-state index is 12.7. The van der Waals surface area contributed by atoms with Crippen LogP contribution in [0.4, 0.5) is 13.2 Å². The lowest BCUT2D eigenvalue weighted by Crippen LogP contribution is -2.46. The molecular weight excluding hydrogens is 351 g/mol. The number of halogens is 3. The molecule has 2 aliphatic heterocycles.